The third-order valence-electron chi connectivity index (χ3n) is 2.71. The topological polar surface area (TPSA) is 41.1 Å². The third kappa shape index (κ3) is 3.20. The minimum Gasteiger partial charge on any atom is -0.347 e. The molecule has 1 aromatic rings. The van der Waals surface area contributed by atoms with E-state index < -0.39 is 0 Å². The van der Waals surface area contributed by atoms with Gasteiger partial charge in [-0.25, -0.2) is 0 Å². The van der Waals surface area contributed by atoms with E-state index in [4.69, 9.17) is 0 Å². The Balaban J connectivity index is 0.00000128. The van der Waals surface area contributed by atoms with Crippen molar-refractivity contribution >= 4 is 29.7 Å². The van der Waals surface area contributed by atoms with Gasteiger partial charge in [-0.15, -0.1) is 23.7 Å². The van der Waals surface area contributed by atoms with Crippen molar-refractivity contribution in [2.75, 3.05) is 6.54 Å². The first-order chi connectivity index (χ1) is 7.27. The molecule has 0 radical (unpaired) electrons. The van der Waals surface area contributed by atoms with Gasteiger partial charge >= 0.3 is 0 Å². The monoisotopic (exact) mass is 260 g/mol. The second-order valence-corrected chi connectivity index (χ2v) is 4.87. The largest absolute Gasteiger partial charge is 0.347 e. The highest BCUT2D eigenvalue weighted by atomic mass is 35.5. The van der Waals surface area contributed by atoms with Crippen LogP contribution in [0.25, 0.3) is 0 Å². The molecule has 1 fully saturated rings. The predicted octanol–water partition coefficient (Wildman–Crippen LogP) is 2.10. The van der Waals surface area contributed by atoms with Crippen LogP contribution in [-0.4, -0.2) is 18.5 Å². The van der Waals surface area contributed by atoms with E-state index in [9.17, 15) is 4.79 Å². The number of carbonyl (C=O) groups excluding carboxylic acids is 1. The molecular weight excluding hydrogens is 244 g/mol. The van der Waals surface area contributed by atoms with Crippen molar-refractivity contribution < 1.29 is 4.79 Å². The van der Waals surface area contributed by atoms with Crippen LogP contribution < -0.4 is 10.6 Å². The molecule has 1 saturated heterocycles. The molecule has 2 rings (SSSR count). The molecule has 16 heavy (non-hydrogen) atoms. The first-order valence-corrected chi connectivity index (χ1v) is 6.22. The Morgan fingerprint density at radius 2 is 2.50 bits per heavy atom. The number of halogens is 1. The van der Waals surface area contributed by atoms with Crippen LogP contribution in [0.15, 0.2) is 17.5 Å². The Morgan fingerprint density at radius 3 is 3.06 bits per heavy atom. The lowest BCUT2D eigenvalue weighted by Crippen LogP contribution is -2.41. The number of nitrogens with one attached hydrogen (secondary N) is 2. The molecule has 1 amide bonds. The van der Waals surface area contributed by atoms with Crippen molar-refractivity contribution in [3.05, 3.63) is 22.4 Å². The SMILES string of the molecule is CC(NC(=O)C1CCCN1)c1cccs1.Cl. The summed E-state index contributed by atoms with van der Waals surface area (Å²) in [5, 5.41) is 8.27. The Kier molecular flexibility index (Phi) is 5.25. The molecule has 2 unspecified atom stereocenters. The van der Waals surface area contributed by atoms with Crippen LogP contribution in [0.2, 0.25) is 0 Å². The molecule has 2 atom stereocenters. The minimum atomic E-state index is 0. The van der Waals surface area contributed by atoms with Crippen molar-refractivity contribution in [1.82, 2.24) is 10.6 Å². The lowest BCUT2D eigenvalue weighted by molar-refractivity contribution is -0.123. The summed E-state index contributed by atoms with van der Waals surface area (Å²) >= 11 is 1.68. The summed E-state index contributed by atoms with van der Waals surface area (Å²) in [4.78, 5) is 13.0. The maximum absolute atomic E-state index is 11.8. The quantitative estimate of drug-likeness (QED) is 0.874. The third-order valence-corrected chi connectivity index (χ3v) is 3.76. The Bertz CT molecular complexity index is 323. The van der Waals surface area contributed by atoms with Gasteiger partial charge in [0.15, 0.2) is 0 Å². The number of hydrogen-bond donors (Lipinski definition) is 2. The van der Waals surface area contributed by atoms with Crippen LogP contribution >= 0.6 is 23.7 Å². The van der Waals surface area contributed by atoms with Crippen molar-refractivity contribution in [2.24, 2.45) is 0 Å². The van der Waals surface area contributed by atoms with Gasteiger partial charge in [-0.05, 0) is 37.8 Å². The molecule has 1 aliphatic rings. The van der Waals surface area contributed by atoms with E-state index in [1.807, 2.05) is 18.4 Å². The van der Waals surface area contributed by atoms with Crippen LogP contribution in [0, 0.1) is 0 Å². The fraction of sp³-hybridized carbons (Fsp3) is 0.545. The van der Waals surface area contributed by atoms with Gasteiger partial charge in [0.1, 0.15) is 0 Å². The van der Waals surface area contributed by atoms with Gasteiger partial charge in [-0.1, -0.05) is 6.07 Å². The zero-order valence-electron chi connectivity index (χ0n) is 9.23. The molecule has 5 heteroatoms. The standard InChI is InChI=1S/C11H16N2OS.ClH/c1-8(10-5-3-7-15-10)13-11(14)9-4-2-6-12-9;/h3,5,7-9,12H,2,4,6H2,1H3,(H,13,14);1H. The predicted molar refractivity (Wildman–Crippen MR) is 69.1 cm³/mol. The van der Waals surface area contributed by atoms with Gasteiger partial charge < -0.3 is 10.6 Å². The molecular formula is C11H17ClN2OS. The summed E-state index contributed by atoms with van der Waals surface area (Å²) in [5.41, 5.74) is 0. The number of rotatable bonds is 3. The minimum absolute atomic E-state index is 0. The first kappa shape index (κ1) is 13.5. The average Bonchev–Trinajstić information content (AvgIpc) is 2.91. The van der Waals surface area contributed by atoms with Crippen LogP contribution in [0.3, 0.4) is 0 Å². The number of amides is 1. The van der Waals surface area contributed by atoms with Gasteiger partial charge in [-0.2, -0.15) is 0 Å². The van der Waals surface area contributed by atoms with E-state index in [0.29, 0.717) is 0 Å². The van der Waals surface area contributed by atoms with Crippen molar-refractivity contribution in [2.45, 2.75) is 31.8 Å². The maximum atomic E-state index is 11.8. The van der Waals surface area contributed by atoms with E-state index in [0.717, 1.165) is 19.4 Å². The molecule has 0 spiro atoms. The summed E-state index contributed by atoms with van der Waals surface area (Å²) in [6.07, 6.45) is 2.06. The fourth-order valence-corrected chi connectivity index (χ4v) is 2.57. The van der Waals surface area contributed by atoms with E-state index in [1.54, 1.807) is 11.3 Å². The number of thiophene rings is 1. The summed E-state index contributed by atoms with van der Waals surface area (Å²) < 4.78 is 0. The zero-order chi connectivity index (χ0) is 10.7. The molecule has 3 nitrogen and oxygen atoms in total. The van der Waals surface area contributed by atoms with Gasteiger partial charge in [0, 0.05) is 4.88 Å². The van der Waals surface area contributed by atoms with Gasteiger partial charge in [0.2, 0.25) is 5.91 Å². The van der Waals surface area contributed by atoms with Crippen LogP contribution in [0.4, 0.5) is 0 Å². The van der Waals surface area contributed by atoms with Gasteiger partial charge in [-0.3, -0.25) is 4.79 Å². The average molecular weight is 261 g/mol. The van der Waals surface area contributed by atoms with Crippen molar-refractivity contribution in [3.8, 4) is 0 Å². The fourth-order valence-electron chi connectivity index (χ4n) is 1.83. The van der Waals surface area contributed by atoms with Gasteiger partial charge in [0.05, 0.1) is 12.1 Å². The van der Waals surface area contributed by atoms with E-state index >= 15 is 0 Å². The lowest BCUT2D eigenvalue weighted by atomic mass is 10.2. The second-order valence-electron chi connectivity index (χ2n) is 3.89. The van der Waals surface area contributed by atoms with E-state index in [2.05, 4.69) is 16.7 Å². The van der Waals surface area contributed by atoms with Crippen molar-refractivity contribution in [1.29, 1.82) is 0 Å². The lowest BCUT2D eigenvalue weighted by Gasteiger charge is -2.15. The van der Waals surface area contributed by atoms with E-state index in [1.165, 1.54) is 4.88 Å². The highest BCUT2D eigenvalue weighted by Crippen LogP contribution is 2.18. The van der Waals surface area contributed by atoms with E-state index in [-0.39, 0.29) is 30.4 Å². The Hall–Kier alpha value is -0.580. The molecule has 0 aliphatic carbocycles. The Labute approximate surface area is 106 Å². The molecule has 0 aromatic carbocycles. The highest BCUT2D eigenvalue weighted by Gasteiger charge is 2.23. The molecule has 2 heterocycles. The molecule has 1 aliphatic heterocycles. The van der Waals surface area contributed by atoms with Crippen LogP contribution in [-0.2, 0) is 4.79 Å². The van der Waals surface area contributed by atoms with Crippen molar-refractivity contribution in [3.63, 3.8) is 0 Å². The van der Waals surface area contributed by atoms with Crippen LogP contribution in [0.1, 0.15) is 30.7 Å². The molecule has 0 saturated carbocycles. The summed E-state index contributed by atoms with van der Waals surface area (Å²) in [6, 6.07) is 4.21. The number of hydrogen-bond acceptors (Lipinski definition) is 3. The second kappa shape index (κ2) is 6.23. The molecule has 1 aromatic heterocycles. The summed E-state index contributed by atoms with van der Waals surface area (Å²) in [5.74, 6) is 0.133. The highest BCUT2D eigenvalue weighted by molar-refractivity contribution is 7.10. The Morgan fingerprint density at radius 1 is 1.69 bits per heavy atom. The van der Waals surface area contributed by atoms with Gasteiger partial charge in [0.25, 0.3) is 0 Å². The molecule has 0 bridgehead atoms. The number of carbonyl (C=O) groups is 1. The van der Waals surface area contributed by atoms with Crippen LogP contribution in [0.5, 0.6) is 0 Å². The summed E-state index contributed by atoms with van der Waals surface area (Å²) in [7, 11) is 0. The smallest absolute Gasteiger partial charge is 0.237 e. The maximum Gasteiger partial charge on any atom is 0.237 e. The normalized spacial score (nSPS) is 21.2. The summed E-state index contributed by atoms with van der Waals surface area (Å²) in [6.45, 7) is 2.99. The molecule has 2 N–H and O–H groups in total. The first-order valence-electron chi connectivity index (χ1n) is 5.34. The zero-order valence-corrected chi connectivity index (χ0v) is 10.9. The molecule has 90 valence electrons.